The smallest absolute Gasteiger partial charge is 0.306 e. The number of carbonyl (C=O) groups is 1. The second-order valence-electron chi connectivity index (χ2n) is 10.7. The molecule has 0 saturated carbocycles. The summed E-state index contributed by atoms with van der Waals surface area (Å²) in [5, 5.41) is 8.10. The molecule has 1 fully saturated rings. The van der Waals surface area contributed by atoms with E-state index in [1.54, 1.807) is 0 Å². The molecule has 7 heteroatoms. The molecule has 3 aromatic rings. The molecule has 7 nitrogen and oxygen atoms in total. The fraction of sp³-hybridized carbons (Fsp3) is 0.500. The average molecular weight is 502 g/mol. The summed E-state index contributed by atoms with van der Waals surface area (Å²) in [6.45, 7) is 8.09. The van der Waals surface area contributed by atoms with Crippen molar-refractivity contribution in [1.29, 1.82) is 0 Å². The zero-order valence-corrected chi connectivity index (χ0v) is 22.4. The highest BCUT2D eigenvalue weighted by molar-refractivity contribution is 5.70. The van der Waals surface area contributed by atoms with Gasteiger partial charge in [0.25, 0.3) is 0 Å². The molecule has 1 saturated heterocycles. The number of carbonyl (C=O) groups excluding carboxylic acids is 1. The molecule has 2 aliphatic rings. The Labute approximate surface area is 220 Å². The zero-order valence-electron chi connectivity index (χ0n) is 22.4. The Morgan fingerprint density at radius 1 is 1.22 bits per heavy atom. The van der Waals surface area contributed by atoms with Crippen molar-refractivity contribution in [3.05, 3.63) is 70.7 Å². The topological polar surface area (TPSA) is 72.3 Å². The van der Waals surface area contributed by atoms with Crippen molar-refractivity contribution >= 4 is 11.8 Å². The van der Waals surface area contributed by atoms with Crippen LogP contribution >= 0.6 is 0 Å². The molecule has 0 amide bonds. The van der Waals surface area contributed by atoms with Gasteiger partial charge >= 0.3 is 5.97 Å². The van der Waals surface area contributed by atoms with Crippen LogP contribution in [0.15, 0.2) is 42.5 Å². The number of benzene rings is 1. The second kappa shape index (κ2) is 11.5. The highest BCUT2D eigenvalue weighted by atomic mass is 16.5. The number of nitrogens with zero attached hydrogens (tertiary/aromatic N) is 4. The van der Waals surface area contributed by atoms with Gasteiger partial charge in [0.2, 0.25) is 0 Å². The Morgan fingerprint density at radius 3 is 2.92 bits per heavy atom. The number of aryl methyl sites for hydroxylation is 4. The lowest BCUT2D eigenvalue weighted by molar-refractivity contribution is -0.141. The monoisotopic (exact) mass is 501 g/mol. The van der Waals surface area contributed by atoms with E-state index in [1.807, 2.05) is 11.6 Å². The molecule has 0 unspecified atom stereocenters. The van der Waals surface area contributed by atoms with E-state index in [2.05, 4.69) is 64.7 Å². The van der Waals surface area contributed by atoms with Crippen LogP contribution in [0.4, 0.5) is 5.82 Å². The number of fused-ring (bicyclic) bond motifs is 1. The Hall–Kier alpha value is -3.19. The van der Waals surface area contributed by atoms with E-state index in [4.69, 9.17) is 9.72 Å². The van der Waals surface area contributed by atoms with Crippen LogP contribution in [-0.2, 0) is 22.4 Å². The molecule has 0 radical (unpaired) electrons. The minimum Gasteiger partial charge on any atom is -0.469 e. The highest BCUT2D eigenvalue weighted by Crippen LogP contribution is 2.29. The molecule has 4 heterocycles. The predicted octanol–water partition coefficient (Wildman–Crippen LogP) is 4.84. The van der Waals surface area contributed by atoms with Gasteiger partial charge in [0, 0.05) is 36.9 Å². The van der Waals surface area contributed by atoms with E-state index < -0.39 is 0 Å². The largest absolute Gasteiger partial charge is 0.469 e. The quantitative estimate of drug-likeness (QED) is 0.423. The lowest BCUT2D eigenvalue weighted by atomic mass is 9.94. The third-order valence-corrected chi connectivity index (χ3v) is 7.85. The third-order valence-electron chi connectivity index (χ3n) is 7.85. The summed E-state index contributed by atoms with van der Waals surface area (Å²) in [5.41, 5.74) is 6.83. The number of pyridine rings is 1. The van der Waals surface area contributed by atoms with Crippen molar-refractivity contribution in [2.75, 3.05) is 38.6 Å². The second-order valence-corrected chi connectivity index (χ2v) is 10.7. The van der Waals surface area contributed by atoms with Crippen molar-refractivity contribution in [1.82, 2.24) is 19.7 Å². The number of aromatic nitrogens is 3. The summed E-state index contributed by atoms with van der Waals surface area (Å²) in [6, 6.07) is 15.0. The first-order valence-electron chi connectivity index (χ1n) is 13.6. The van der Waals surface area contributed by atoms with Crippen LogP contribution in [0, 0.1) is 19.8 Å². The van der Waals surface area contributed by atoms with Crippen molar-refractivity contribution in [2.45, 2.75) is 58.3 Å². The van der Waals surface area contributed by atoms with E-state index in [0.29, 0.717) is 12.3 Å². The molecule has 1 aromatic carbocycles. The van der Waals surface area contributed by atoms with Crippen LogP contribution in [-0.4, -0.2) is 58.9 Å². The number of hydrogen-bond acceptors (Lipinski definition) is 6. The Kier molecular flexibility index (Phi) is 7.89. The minimum absolute atomic E-state index is 0.0801. The van der Waals surface area contributed by atoms with Gasteiger partial charge in [-0.1, -0.05) is 18.2 Å². The number of nitrogens with one attached hydrogen (secondary N) is 1. The minimum atomic E-state index is -0.163. The fourth-order valence-electron chi connectivity index (χ4n) is 5.86. The number of ether oxygens (including phenoxy) is 1. The van der Waals surface area contributed by atoms with Gasteiger partial charge in [-0.3, -0.25) is 4.79 Å². The van der Waals surface area contributed by atoms with Crippen LogP contribution in [0.2, 0.25) is 0 Å². The lowest BCUT2D eigenvalue weighted by Gasteiger charge is -2.24. The van der Waals surface area contributed by atoms with Gasteiger partial charge in [-0.25, -0.2) is 9.67 Å². The summed E-state index contributed by atoms with van der Waals surface area (Å²) in [7, 11) is 1.47. The molecular formula is C30H39N5O2. The first-order valence-corrected chi connectivity index (χ1v) is 13.6. The number of esters is 1. The van der Waals surface area contributed by atoms with Crippen molar-refractivity contribution in [3.63, 3.8) is 0 Å². The Bertz CT molecular complexity index is 1240. The van der Waals surface area contributed by atoms with E-state index in [1.165, 1.54) is 31.2 Å². The summed E-state index contributed by atoms with van der Waals surface area (Å²) in [5.74, 6) is 1.66. The molecule has 2 atom stereocenters. The number of hydrogen-bond donors (Lipinski definition) is 1. The van der Waals surface area contributed by atoms with Gasteiger partial charge in [0.15, 0.2) is 0 Å². The molecule has 1 N–H and O–H groups in total. The summed E-state index contributed by atoms with van der Waals surface area (Å²) >= 11 is 0. The molecular weight excluding hydrogens is 462 g/mol. The highest BCUT2D eigenvalue weighted by Gasteiger charge is 2.27. The number of rotatable bonds is 9. The predicted molar refractivity (Wildman–Crippen MR) is 146 cm³/mol. The first kappa shape index (κ1) is 25.5. The number of methoxy groups -OCH3 is 1. The maximum atomic E-state index is 12.3. The molecule has 0 bridgehead atoms. The molecule has 37 heavy (non-hydrogen) atoms. The number of likely N-dealkylation sites (tertiary alicyclic amines) is 1. The fourth-order valence-corrected chi connectivity index (χ4v) is 5.86. The van der Waals surface area contributed by atoms with Crippen LogP contribution < -0.4 is 5.32 Å². The standard InChI is InChI=1S/C30H39N5O2/c1-21-16-22(2)35(33-21)28-8-4-6-25(17-28)26(18-29(36)37-3)20-34-15-13-23(19-34)9-11-27-12-10-24-7-5-14-31-30(24)32-27/h4,6,8,10,12,16-17,23,26H,5,7,9,11,13-15,18-20H2,1-3H3,(H,31,32)/t23-,26-/m1/s1. The third kappa shape index (κ3) is 6.21. The summed E-state index contributed by atoms with van der Waals surface area (Å²) in [4.78, 5) is 19.7. The molecule has 2 aromatic heterocycles. The van der Waals surface area contributed by atoms with E-state index >= 15 is 0 Å². The van der Waals surface area contributed by atoms with Gasteiger partial charge in [-0.05, 0) is 93.8 Å². The molecule has 5 rings (SSSR count). The normalized spacial score (nSPS) is 18.3. The molecule has 2 aliphatic heterocycles. The van der Waals surface area contributed by atoms with Crippen molar-refractivity contribution in [3.8, 4) is 5.69 Å². The average Bonchev–Trinajstić information content (AvgIpc) is 3.51. The molecule has 196 valence electrons. The van der Waals surface area contributed by atoms with Gasteiger partial charge in [-0.15, -0.1) is 0 Å². The van der Waals surface area contributed by atoms with Crippen LogP contribution in [0.1, 0.15) is 59.8 Å². The first-order chi connectivity index (χ1) is 18.0. The maximum absolute atomic E-state index is 12.3. The van der Waals surface area contributed by atoms with Gasteiger partial charge < -0.3 is 15.0 Å². The molecule has 0 aliphatic carbocycles. The Balaban J connectivity index is 1.23. The van der Waals surface area contributed by atoms with Crippen LogP contribution in [0.3, 0.4) is 0 Å². The SMILES string of the molecule is COC(=O)C[C@H](CN1CC[C@@H](CCc2ccc3c(n2)NCCC3)C1)c1cccc(-n2nc(C)cc2C)c1. The zero-order chi connectivity index (χ0) is 25.8. The van der Waals surface area contributed by atoms with Gasteiger partial charge in [0.05, 0.1) is 24.9 Å². The van der Waals surface area contributed by atoms with Gasteiger partial charge in [-0.2, -0.15) is 5.10 Å². The van der Waals surface area contributed by atoms with Crippen molar-refractivity contribution < 1.29 is 9.53 Å². The summed E-state index contributed by atoms with van der Waals surface area (Å²) < 4.78 is 7.04. The summed E-state index contributed by atoms with van der Waals surface area (Å²) in [6.07, 6.45) is 6.06. The van der Waals surface area contributed by atoms with Crippen molar-refractivity contribution in [2.24, 2.45) is 5.92 Å². The molecule has 0 spiro atoms. The van der Waals surface area contributed by atoms with Crippen LogP contribution in [0.25, 0.3) is 5.69 Å². The maximum Gasteiger partial charge on any atom is 0.306 e. The van der Waals surface area contributed by atoms with E-state index in [-0.39, 0.29) is 11.9 Å². The Morgan fingerprint density at radius 2 is 2.11 bits per heavy atom. The van der Waals surface area contributed by atoms with E-state index in [0.717, 1.165) is 73.9 Å². The number of anilines is 1. The van der Waals surface area contributed by atoms with Gasteiger partial charge in [0.1, 0.15) is 5.82 Å². The van der Waals surface area contributed by atoms with E-state index in [9.17, 15) is 4.79 Å². The lowest BCUT2D eigenvalue weighted by Crippen LogP contribution is -2.28. The van der Waals surface area contributed by atoms with Crippen LogP contribution in [0.5, 0.6) is 0 Å².